The molecule has 2 fully saturated rings. The zero-order valence-corrected chi connectivity index (χ0v) is 27.5. The summed E-state index contributed by atoms with van der Waals surface area (Å²) in [5.41, 5.74) is 1.49. The number of halogens is 2. The number of unbranched alkanes of at least 4 members (excludes halogenated alkanes) is 3. The van der Waals surface area contributed by atoms with Crippen molar-refractivity contribution in [2.45, 2.75) is 77.6 Å². The molecule has 0 aliphatic heterocycles. The maximum absolute atomic E-state index is 4.93. The molecule has 0 saturated heterocycles. The second-order valence-electron chi connectivity index (χ2n) is 10.8. The molecular weight excluding hydrogens is 571 g/mol. The van der Waals surface area contributed by atoms with E-state index >= 15 is 0 Å². The molecule has 0 amide bonds. The number of benzene rings is 1. The van der Waals surface area contributed by atoms with Crippen LogP contribution in [0.25, 0.3) is 0 Å². The van der Waals surface area contributed by atoms with Gasteiger partial charge >= 0.3 is 37.9 Å². The van der Waals surface area contributed by atoms with Gasteiger partial charge in [-0.2, -0.15) is 0 Å². The van der Waals surface area contributed by atoms with E-state index in [4.69, 9.17) is 17.0 Å². The summed E-state index contributed by atoms with van der Waals surface area (Å²) in [6, 6.07) is 10.9. The normalized spacial score (nSPS) is 27.8. The van der Waals surface area contributed by atoms with Gasteiger partial charge in [0.15, 0.2) is 0 Å². The summed E-state index contributed by atoms with van der Waals surface area (Å²) in [5.74, 6) is 5.38. The second-order valence-corrected chi connectivity index (χ2v) is 14.5. The fraction of sp³-hybridized carbons (Fsp3) is 0.529. The molecule has 5 rings (SSSR count). The molecule has 0 spiro atoms. The van der Waals surface area contributed by atoms with Gasteiger partial charge in [0.2, 0.25) is 0 Å². The summed E-state index contributed by atoms with van der Waals surface area (Å²) >= 11 is -0.826. The van der Waals surface area contributed by atoms with Gasteiger partial charge in [0.1, 0.15) is 0 Å². The minimum atomic E-state index is -0.826. The van der Waals surface area contributed by atoms with Crippen molar-refractivity contribution in [2.24, 2.45) is 35.5 Å². The monoisotopic (exact) mass is 618 g/mol. The van der Waals surface area contributed by atoms with E-state index in [2.05, 4.69) is 85.9 Å². The number of hydrogen-bond acceptors (Lipinski definition) is 0. The predicted molar refractivity (Wildman–Crippen MR) is 164 cm³/mol. The summed E-state index contributed by atoms with van der Waals surface area (Å²) in [5, 5.41) is 0. The zero-order chi connectivity index (χ0) is 24.7. The Morgan fingerprint density at radius 2 is 1.08 bits per heavy atom. The van der Waals surface area contributed by atoms with Crippen molar-refractivity contribution in [1.82, 2.24) is 0 Å². The molecule has 3 heteroatoms. The van der Waals surface area contributed by atoms with E-state index in [0.29, 0.717) is 0 Å². The Labute approximate surface area is 248 Å². The van der Waals surface area contributed by atoms with Crippen LogP contribution >= 0.6 is 17.0 Å². The first kappa shape index (κ1) is 34.7. The molecule has 4 aliphatic carbocycles. The van der Waals surface area contributed by atoms with Crippen molar-refractivity contribution >= 4 is 17.0 Å². The average Bonchev–Trinajstić information content (AvgIpc) is 3.50. The molecule has 2 saturated carbocycles. The van der Waals surface area contributed by atoms with Crippen molar-refractivity contribution in [3.8, 4) is 0 Å². The maximum atomic E-state index is 4.93. The van der Waals surface area contributed by atoms with E-state index in [1.807, 2.05) is 0 Å². The van der Waals surface area contributed by atoms with Crippen LogP contribution in [-0.2, 0) is 27.3 Å². The molecule has 37 heavy (non-hydrogen) atoms. The van der Waals surface area contributed by atoms with E-state index < -0.39 is 20.8 Å². The molecule has 0 aromatic heterocycles. The first-order chi connectivity index (χ1) is 17.2. The third-order valence-electron chi connectivity index (χ3n) is 8.33. The van der Waals surface area contributed by atoms with Gasteiger partial charge in [-0.05, 0) is 79.6 Å². The van der Waals surface area contributed by atoms with E-state index in [1.54, 1.807) is 0 Å². The number of aryl methyl sites for hydroxylation is 1. The molecular formula is C34H50Cl2Zr. The molecule has 204 valence electrons. The van der Waals surface area contributed by atoms with E-state index in [9.17, 15) is 0 Å². The first-order valence-electron chi connectivity index (χ1n) is 13.9. The molecule has 0 heterocycles. The minimum absolute atomic E-state index is 0. The summed E-state index contributed by atoms with van der Waals surface area (Å²) in [7, 11) is 9.87. The van der Waals surface area contributed by atoms with Crippen LogP contribution in [0.4, 0.5) is 0 Å². The van der Waals surface area contributed by atoms with Gasteiger partial charge in [-0.15, -0.1) is 0 Å². The van der Waals surface area contributed by atoms with Gasteiger partial charge in [0, 0.05) is 0 Å². The standard InChI is InChI=1S/C17H20.C15H24.2CH3.2ClH.Zr/c1-2-6-14(7-3-1)10-11-15-12-16-8-4-5-9-17(16)13-15;1-2-3-4-5-8-13-11-14-9-6-7-10-15(14)12-13;;;;;/h1-9,15-17H,10-13H2;6-7,9-10,13-15H,2-5,8,11-12H2,1H3;2*1H3;2*1H;/q;;2*-1;;;+4/p-2. The van der Waals surface area contributed by atoms with Crippen molar-refractivity contribution in [3.63, 3.8) is 0 Å². The van der Waals surface area contributed by atoms with Crippen molar-refractivity contribution < 1.29 is 20.8 Å². The Morgan fingerprint density at radius 1 is 0.649 bits per heavy atom. The number of allylic oxidation sites excluding steroid dienone is 8. The fourth-order valence-corrected chi connectivity index (χ4v) is 6.49. The van der Waals surface area contributed by atoms with Gasteiger partial charge in [-0.25, -0.2) is 0 Å². The van der Waals surface area contributed by atoms with E-state index in [1.165, 1.54) is 76.2 Å². The Hall–Kier alpha value is -0.357. The van der Waals surface area contributed by atoms with E-state index in [0.717, 1.165) is 35.5 Å². The Bertz CT molecular complexity index is 772. The van der Waals surface area contributed by atoms with Crippen molar-refractivity contribution in [3.05, 3.63) is 99.4 Å². The summed E-state index contributed by atoms with van der Waals surface area (Å²) in [4.78, 5) is 0. The molecule has 0 radical (unpaired) electrons. The van der Waals surface area contributed by atoms with Crippen LogP contribution in [0.1, 0.15) is 76.7 Å². The van der Waals surface area contributed by atoms with Gasteiger partial charge in [-0.1, -0.05) is 118 Å². The molecule has 1 aromatic carbocycles. The SMILES string of the molecule is C1=CC2CC(CCc3ccccc3)CC2C=C1.CCCCCCC1CC2C=CC=CC2C1.[CH3-].[CH3-].[Cl][Zr+2][Cl]. The second kappa shape index (κ2) is 20.5. The van der Waals surface area contributed by atoms with Crippen molar-refractivity contribution in [1.29, 1.82) is 0 Å². The Morgan fingerprint density at radius 3 is 1.51 bits per heavy atom. The van der Waals surface area contributed by atoms with Crippen LogP contribution in [0.5, 0.6) is 0 Å². The van der Waals surface area contributed by atoms with Crippen molar-refractivity contribution in [2.75, 3.05) is 0 Å². The molecule has 4 unspecified atom stereocenters. The van der Waals surface area contributed by atoms with E-state index in [-0.39, 0.29) is 14.9 Å². The van der Waals surface area contributed by atoms with Gasteiger partial charge < -0.3 is 14.9 Å². The third kappa shape index (κ3) is 12.6. The van der Waals surface area contributed by atoms with Gasteiger partial charge in [0.05, 0.1) is 0 Å². The average molecular weight is 621 g/mol. The fourth-order valence-electron chi connectivity index (χ4n) is 6.49. The summed E-state index contributed by atoms with van der Waals surface area (Å²) < 4.78 is 0. The van der Waals surface area contributed by atoms with Crippen LogP contribution in [-0.4, -0.2) is 0 Å². The third-order valence-corrected chi connectivity index (χ3v) is 8.33. The Balaban J connectivity index is 0.000000321. The first-order valence-corrected chi connectivity index (χ1v) is 20.3. The molecule has 0 bridgehead atoms. The van der Waals surface area contributed by atoms with Crippen LogP contribution in [0, 0.1) is 50.4 Å². The van der Waals surface area contributed by atoms with Crippen LogP contribution in [0.15, 0.2) is 78.9 Å². The summed E-state index contributed by atoms with van der Waals surface area (Å²) in [6.07, 6.45) is 34.1. The van der Waals surface area contributed by atoms with Crippen LogP contribution < -0.4 is 0 Å². The molecule has 0 nitrogen and oxygen atoms in total. The number of hydrogen-bond donors (Lipinski definition) is 0. The topological polar surface area (TPSA) is 0 Å². The summed E-state index contributed by atoms with van der Waals surface area (Å²) in [6.45, 7) is 2.29. The molecule has 0 N–H and O–H groups in total. The molecule has 4 atom stereocenters. The van der Waals surface area contributed by atoms with Gasteiger partial charge in [0.25, 0.3) is 0 Å². The van der Waals surface area contributed by atoms with Crippen LogP contribution in [0.2, 0.25) is 0 Å². The zero-order valence-electron chi connectivity index (χ0n) is 23.5. The number of rotatable bonds is 8. The molecule has 1 aromatic rings. The number of fused-ring (bicyclic) bond motifs is 2. The predicted octanol–water partition coefficient (Wildman–Crippen LogP) is 11.4. The van der Waals surface area contributed by atoms with Gasteiger partial charge in [-0.3, -0.25) is 0 Å². The Kier molecular flexibility index (Phi) is 19.2. The van der Waals surface area contributed by atoms with Crippen LogP contribution in [0.3, 0.4) is 0 Å². The molecule has 4 aliphatic rings. The quantitative estimate of drug-likeness (QED) is 0.200.